The lowest BCUT2D eigenvalue weighted by molar-refractivity contribution is -0.136. The predicted molar refractivity (Wildman–Crippen MR) is 74.5 cm³/mol. The van der Waals surface area contributed by atoms with Crippen LogP contribution in [0.2, 0.25) is 0 Å². The van der Waals surface area contributed by atoms with Gasteiger partial charge in [-0.3, -0.25) is 4.79 Å². The van der Waals surface area contributed by atoms with E-state index in [0.29, 0.717) is 5.69 Å². The van der Waals surface area contributed by atoms with Crippen LogP contribution in [0, 0.1) is 0 Å². The number of hydrogen-bond acceptors (Lipinski definition) is 3. The van der Waals surface area contributed by atoms with Gasteiger partial charge in [-0.1, -0.05) is 36.8 Å². The Kier molecular flexibility index (Phi) is 3.11. The van der Waals surface area contributed by atoms with Crippen LogP contribution in [0.25, 0.3) is 0 Å². The van der Waals surface area contributed by atoms with Crippen LogP contribution < -0.4 is 0 Å². The second-order valence-corrected chi connectivity index (χ2v) is 5.87. The Morgan fingerprint density at radius 1 is 1.32 bits per heavy atom. The van der Waals surface area contributed by atoms with Gasteiger partial charge in [0.1, 0.15) is 5.01 Å². The minimum atomic E-state index is -0.820. The summed E-state index contributed by atoms with van der Waals surface area (Å²) in [6, 6.07) is 10.4. The molecule has 0 saturated heterocycles. The summed E-state index contributed by atoms with van der Waals surface area (Å²) < 4.78 is 0. The molecule has 4 heteroatoms. The van der Waals surface area contributed by atoms with Crippen molar-refractivity contribution in [1.82, 2.24) is 4.98 Å². The lowest BCUT2D eigenvalue weighted by Crippen LogP contribution is -2.35. The molecule has 1 aromatic heterocycles. The van der Waals surface area contributed by atoms with Gasteiger partial charge in [-0.2, -0.15) is 0 Å². The number of carboxylic acids is 1. The summed E-state index contributed by atoms with van der Waals surface area (Å²) in [5, 5.41) is 11.8. The first-order valence-corrected chi connectivity index (χ1v) is 7.31. The average Bonchev–Trinajstić information content (AvgIpc) is 2.77. The van der Waals surface area contributed by atoms with Crippen LogP contribution in [-0.2, 0) is 16.6 Å². The number of rotatable bonds is 4. The van der Waals surface area contributed by atoms with Gasteiger partial charge in [-0.15, -0.1) is 11.3 Å². The molecule has 98 valence electrons. The van der Waals surface area contributed by atoms with Gasteiger partial charge in [-0.05, 0) is 18.4 Å². The number of thiazole rings is 1. The van der Waals surface area contributed by atoms with E-state index in [9.17, 15) is 4.79 Å². The second kappa shape index (κ2) is 4.78. The summed E-state index contributed by atoms with van der Waals surface area (Å²) in [6.45, 7) is 0. The van der Waals surface area contributed by atoms with Crippen molar-refractivity contribution in [2.45, 2.75) is 31.1 Å². The summed E-state index contributed by atoms with van der Waals surface area (Å²) in [4.78, 5) is 15.3. The van der Waals surface area contributed by atoms with E-state index >= 15 is 0 Å². The fraction of sp³-hybridized carbons (Fsp3) is 0.333. The Balaban J connectivity index is 1.94. The number of hydrogen-bond donors (Lipinski definition) is 1. The normalized spacial score (nSPS) is 16.8. The third kappa shape index (κ3) is 2.16. The zero-order chi connectivity index (χ0) is 13.3. The molecule has 0 bridgehead atoms. The molecule has 19 heavy (non-hydrogen) atoms. The van der Waals surface area contributed by atoms with E-state index in [1.54, 1.807) is 11.3 Å². The molecular formula is C15H15NO2S. The topological polar surface area (TPSA) is 50.2 Å². The molecule has 0 atom stereocenters. The fourth-order valence-electron chi connectivity index (χ4n) is 2.68. The Labute approximate surface area is 115 Å². The summed E-state index contributed by atoms with van der Waals surface area (Å²) >= 11 is 1.59. The molecular weight excluding hydrogens is 258 g/mol. The molecule has 2 aromatic rings. The molecule has 1 fully saturated rings. The largest absolute Gasteiger partial charge is 0.481 e. The molecule has 1 aromatic carbocycles. The van der Waals surface area contributed by atoms with Crippen molar-refractivity contribution in [3.05, 3.63) is 52.0 Å². The van der Waals surface area contributed by atoms with Crippen molar-refractivity contribution < 1.29 is 9.90 Å². The second-order valence-electron chi connectivity index (χ2n) is 5.02. The summed E-state index contributed by atoms with van der Waals surface area (Å²) in [5.74, 6) is -0.820. The third-order valence-electron chi connectivity index (χ3n) is 3.83. The van der Waals surface area contributed by atoms with Gasteiger partial charge in [-0.25, -0.2) is 4.98 Å². The van der Waals surface area contributed by atoms with Gasteiger partial charge in [0.25, 0.3) is 0 Å². The van der Waals surface area contributed by atoms with Crippen molar-refractivity contribution in [1.29, 1.82) is 0 Å². The summed E-state index contributed by atoms with van der Waals surface area (Å²) in [7, 11) is 0. The summed E-state index contributed by atoms with van der Waals surface area (Å²) in [6.07, 6.45) is 3.44. The highest BCUT2D eigenvalue weighted by Crippen LogP contribution is 2.49. The molecule has 0 unspecified atom stereocenters. The molecule has 3 rings (SSSR count). The number of aliphatic carboxylic acids is 1. The van der Waals surface area contributed by atoms with Crippen LogP contribution in [0.15, 0.2) is 35.7 Å². The molecule has 3 nitrogen and oxygen atoms in total. The van der Waals surface area contributed by atoms with Crippen LogP contribution in [0.5, 0.6) is 0 Å². The maximum absolute atomic E-state index is 10.7. The molecule has 1 aliphatic carbocycles. The molecule has 0 amide bonds. The zero-order valence-corrected chi connectivity index (χ0v) is 11.3. The highest BCUT2D eigenvalue weighted by molar-refractivity contribution is 7.09. The minimum absolute atomic E-state index is 0.0152. The maximum atomic E-state index is 10.7. The lowest BCUT2D eigenvalue weighted by Gasteiger charge is -2.40. The van der Waals surface area contributed by atoms with Crippen molar-refractivity contribution in [2.75, 3.05) is 0 Å². The van der Waals surface area contributed by atoms with Gasteiger partial charge < -0.3 is 5.11 Å². The first-order valence-electron chi connectivity index (χ1n) is 6.43. The molecule has 0 radical (unpaired) electrons. The Morgan fingerprint density at radius 3 is 2.63 bits per heavy atom. The SMILES string of the molecule is O=C(O)Cc1csc(C2(c3ccccc3)CCC2)n1. The molecule has 1 N–H and O–H groups in total. The fourth-order valence-corrected chi connectivity index (χ4v) is 3.78. The summed E-state index contributed by atoms with van der Waals surface area (Å²) in [5.41, 5.74) is 2.01. The third-order valence-corrected chi connectivity index (χ3v) is 4.92. The molecule has 1 saturated carbocycles. The Morgan fingerprint density at radius 2 is 2.05 bits per heavy atom. The van der Waals surface area contributed by atoms with Crippen molar-refractivity contribution in [3.8, 4) is 0 Å². The highest BCUT2D eigenvalue weighted by atomic mass is 32.1. The smallest absolute Gasteiger partial charge is 0.309 e. The van der Waals surface area contributed by atoms with Crippen LogP contribution in [0.3, 0.4) is 0 Å². The maximum Gasteiger partial charge on any atom is 0.309 e. The van der Waals surface area contributed by atoms with E-state index in [4.69, 9.17) is 5.11 Å². The number of carbonyl (C=O) groups is 1. The van der Waals surface area contributed by atoms with Crippen LogP contribution >= 0.6 is 11.3 Å². The number of carboxylic acid groups (broad SMARTS) is 1. The molecule has 1 aliphatic rings. The van der Waals surface area contributed by atoms with Crippen LogP contribution in [0.1, 0.15) is 35.5 Å². The van der Waals surface area contributed by atoms with E-state index in [2.05, 4.69) is 29.2 Å². The van der Waals surface area contributed by atoms with Crippen LogP contribution in [0.4, 0.5) is 0 Å². The minimum Gasteiger partial charge on any atom is -0.481 e. The molecule has 0 spiro atoms. The predicted octanol–water partition coefficient (Wildman–Crippen LogP) is 3.24. The first-order chi connectivity index (χ1) is 9.21. The van der Waals surface area contributed by atoms with E-state index in [0.717, 1.165) is 17.8 Å². The monoisotopic (exact) mass is 273 g/mol. The van der Waals surface area contributed by atoms with Crippen LogP contribution in [-0.4, -0.2) is 16.1 Å². The number of nitrogens with zero attached hydrogens (tertiary/aromatic N) is 1. The quantitative estimate of drug-likeness (QED) is 0.930. The van der Waals surface area contributed by atoms with E-state index in [1.807, 2.05) is 11.4 Å². The Hall–Kier alpha value is -1.68. The average molecular weight is 273 g/mol. The van der Waals surface area contributed by atoms with Gasteiger partial charge in [0.05, 0.1) is 12.1 Å². The number of aromatic nitrogens is 1. The van der Waals surface area contributed by atoms with Gasteiger partial charge >= 0.3 is 5.97 Å². The van der Waals surface area contributed by atoms with E-state index in [1.165, 1.54) is 12.0 Å². The number of benzene rings is 1. The van der Waals surface area contributed by atoms with Gasteiger partial charge in [0, 0.05) is 10.8 Å². The zero-order valence-electron chi connectivity index (χ0n) is 10.5. The van der Waals surface area contributed by atoms with E-state index < -0.39 is 5.97 Å². The van der Waals surface area contributed by atoms with Crippen molar-refractivity contribution >= 4 is 17.3 Å². The lowest BCUT2D eigenvalue weighted by atomic mass is 9.65. The Bertz CT molecular complexity index is 587. The van der Waals surface area contributed by atoms with Crippen molar-refractivity contribution in [2.24, 2.45) is 0 Å². The standard InChI is InChI=1S/C15H15NO2S/c17-13(18)9-12-10-19-14(16-12)15(7-4-8-15)11-5-2-1-3-6-11/h1-3,5-6,10H,4,7-9H2,(H,17,18). The molecule has 0 aliphatic heterocycles. The first kappa shape index (κ1) is 12.4. The van der Waals surface area contributed by atoms with Gasteiger partial charge in [0.15, 0.2) is 0 Å². The van der Waals surface area contributed by atoms with E-state index in [-0.39, 0.29) is 11.8 Å². The molecule has 1 heterocycles. The van der Waals surface area contributed by atoms with Gasteiger partial charge in [0.2, 0.25) is 0 Å². The highest BCUT2D eigenvalue weighted by Gasteiger charge is 2.42. The van der Waals surface area contributed by atoms with Crippen molar-refractivity contribution in [3.63, 3.8) is 0 Å².